The second-order valence-corrected chi connectivity index (χ2v) is 7.45. The summed E-state index contributed by atoms with van der Waals surface area (Å²) in [6.45, 7) is 15.9. The second kappa shape index (κ2) is 6.36. The van der Waals surface area contributed by atoms with E-state index >= 15 is 0 Å². The summed E-state index contributed by atoms with van der Waals surface area (Å²) >= 11 is 0. The van der Waals surface area contributed by atoms with Crippen molar-refractivity contribution >= 4 is 0 Å². The molecule has 3 heteroatoms. The molecule has 108 valence electrons. The molecule has 1 saturated heterocycles. The molecule has 3 atom stereocenters. The monoisotopic (exact) mass is 255 g/mol. The normalized spacial score (nSPS) is 29.5. The van der Waals surface area contributed by atoms with Crippen molar-refractivity contribution in [1.82, 2.24) is 9.80 Å². The van der Waals surface area contributed by atoms with Crippen molar-refractivity contribution in [3.63, 3.8) is 0 Å². The van der Waals surface area contributed by atoms with Gasteiger partial charge in [0.05, 0.1) is 0 Å². The summed E-state index contributed by atoms with van der Waals surface area (Å²) < 4.78 is 0. The summed E-state index contributed by atoms with van der Waals surface area (Å²) in [7, 11) is 2.24. The van der Waals surface area contributed by atoms with E-state index in [9.17, 15) is 0 Å². The third-order valence-corrected chi connectivity index (χ3v) is 4.19. The summed E-state index contributed by atoms with van der Waals surface area (Å²) in [4.78, 5) is 5.09. The van der Waals surface area contributed by atoms with E-state index < -0.39 is 0 Å². The first kappa shape index (κ1) is 15.9. The fraction of sp³-hybridized carbons (Fsp3) is 1.00. The minimum Gasteiger partial charge on any atom is -0.330 e. The minimum absolute atomic E-state index is 0.383. The second-order valence-electron chi connectivity index (χ2n) is 7.45. The summed E-state index contributed by atoms with van der Waals surface area (Å²) in [5.41, 5.74) is 6.34. The van der Waals surface area contributed by atoms with Gasteiger partial charge in [0.1, 0.15) is 0 Å². The number of nitrogens with zero attached hydrogens (tertiary/aromatic N) is 2. The van der Waals surface area contributed by atoms with Crippen molar-refractivity contribution in [2.75, 3.05) is 33.2 Å². The molecule has 0 aromatic heterocycles. The maximum Gasteiger partial charge on any atom is 0.0195 e. The highest BCUT2D eigenvalue weighted by Gasteiger charge is 2.28. The molecule has 0 saturated carbocycles. The Bertz CT molecular complexity index is 235. The number of piperazine rings is 1. The molecule has 1 rings (SSSR count). The van der Waals surface area contributed by atoms with Gasteiger partial charge in [-0.2, -0.15) is 0 Å². The van der Waals surface area contributed by atoms with Crippen molar-refractivity contribution < 1.29 is 0 Å². The van der Waals surface area contributed by atoms with E-state index in [1.807, 2.05) is 0 Å². The van der Waals surface area contributed by atoms with Crippen molar-refractivity contribution in [3.05, 3.63) is 0 Å². The van der Waals surface area contributed by atoms with Crippen LogP contribution in [0, 0.1) is 11.3 Å². The van der Waals surface area contributed by atoms with Crippen molar-refractivity contribution in [2.24, 2.45) is 17.1 Å². The lowest BCUT2D eigenvalue weighted by atomic mass is 9.84. The van der Waals surface area contributed by atoms with Gasteiger partial charge in [0.2, 0.25) is 0 Å². The van der Waals surface area contributed by atoms with Crippen LogP contribution in [0.5, 0.6) is 0 Å². The van der Waals surface area contributed by atoms with Gasteiger partial charge in [0.15, 0.2) is 0 Å². The standard InChI is InChI=1S/C15H33N3/c1-12-9-18(10-13(2)17(12)6)11-14(8-16)7-15(3,4)5/h12-14H,7-11,16H2,1-6H3. The number of rotatable bonds is 4. The smallest absolute Gasteiger partial charge is 0.0195 e. The Labute approximate surface area is 114 Å². The molecule has 0 aliphatic carbocycles. The lowest BCUT2D eigenvalue weighted by Crippen LogP contribution is -2.56. The fourth-order valence-electron chi connectivity index (χ4n) is 3.12. The highest BCUT2D eigenvalue weighted by molar-refractivity contribution is 4.84. The molecule has 0 spiro atoms. The summed E-state index contributed by atoms with van der Waals surface area (Å²) in [6, 6.07) is 1.31. The predicted octanol–water partition coefficient (Wildman–Crippen LogP) is 2.02. The van der Waals surface area contributed by atoms with Crippen molar-refractivity contribution in [3.8, 4) is 0 Å². The third kappa shape index (κ3) is 4.87. The first-order chi connectivity index (χ1) is 8.23. The van der Waals surface area contributed by atoms with Crippen LogP contribution in [0.4, 0.5) is 0 Å². The van der Waals surface area contributed by atoms with Gasteiger partial charge in [-0.15, -0.1) is 0 Å². The van der Waals surface area contributed by atoms with E-state index in [0.717, 1.165) is 13.1 Å². The van der Waals surface area contributed by atoms with Crippen LogP contribution < -0.4 is 5.73 Å². The molecule has 3 unspecified atom stereocenters. The average molecular weight is 255 g/mol. The van der Waals surface area contributed by atoms with Crippen LogP contribution in [0.3, 0.4) is 0 Å². The van der Waals surface area contributed by atoms with E-state index in [4.69, 9.17) is 5.73 Å². The molecule has 1 aliphatic heterocycles. The van der Waals surface area contributed by atoms with E-state index in [2.05, 4.69) is 51.5 Å². The van der Waals surface area contributed by atoms with Crippen LogP contribution in [0.1, 0.15) is 41.0 Å². The molecule has 0 bridgehead atoms. The van der Waals surface area contributed by atoms with Gasteiger partial charge in [-0.25, -0.2) is 0 Å². The van der Waals surface area contributed by atoms with Gasteiger partial charge < -0.3 is 5.73 Å². The molecule has 1 aliphatic rings. The minimum atomic E-state index is 0.383. The first-order valence-corrected chi connectivity index (χ1v) is 7.37. The maximum atomic E-state index is 5.96. The van der Waals surface area contributed by atoms with E-state index in [-0.39, 0.29) is 0 Å². The zero-order valence-electron chi connectivity index (χ0n) is 13.2. The third-order valence-electron chi connectivity index (χ3n) is 4.19. The van der Waals surface area contributed by atoms with Crippen LogP contribution in [0.25, 0.3) is 0 Å². The fourth-order valence-corrected chi connectivity index (χ4v) is 3.12. The zero-order chi connectivity index (χ0) is 13.9. The summed E-state index contributed by atoms with van der Waals surface area (Å²) in [6.07, 6.45) is 1.22. The first-order valence-electron chi connectivity index (χ1n) is 7.37. The molecule has 0 aromatic rings. The molecule has 18 heavy (non-hydrogen) atoms. The topological polar surface area (TPSA) is 32.5 Å². The molecule has 2 N–H and O–H groups in total. The SMILES string of the molecule is CC1CN(CC(CN)CC(C)(C)C)CC(C)N1C. The highest BCUT2D eigenvalue weighted by Crippen LogP contribution is 2.25. The van der Waals surface area contributed by atoms with Gasteiger partial charge >= 0.3 is 0 Å². The maximum absolute atomic E-state index is 5.96. The molecule has 0 aromatic carbocycles. The van der Waals surface area contributed by atoms with Gasteiger partial charge in [-0.3, -0.25) is 9.80 Å². The van der Waals surface area contributed by atoms with Crippen LogP contribution in [0.15, 0.2) is 0 Å². The van der Waals surface area contributed by atoms with Crippen molar-refractivity contribution in [1.29, 1.82) is 0 Å². The predicted molar refractivity (Wildman–Crippen MR) is 79.7 cm³/mol. The van der Waals surface area contributed by atoms with Crippen LogP contribution >= 0.6 is 0 Å². The summed E-state index contributed by atoms with van der Waals surface area (Å²) in [5, 5.41) is 0. The Morgan fingerprint density at radius 1 is 1.17 bits per heavy atom. The molecule has 0 amide bonds. The van der Waals surface area contributed by atoms with Gasteiger partial charge in [0.25, 0.3) is 0 Å². The molecule has 3 nitrogen and oxygen atoms in total. The van der Waals surface area contributed by atoms with Gasteiger partial charge in [-0.05, 0) is 45.2 Å². The Balaban J connectivity index is 2.50. The lowest BCUT2D eigenvalue weighted by Gasteiger charge is -2.43. The average Bonchev–Trinajstić information content (AvgIpc) is 2.23. The number of hydrogen-bond acceptors (Lipinski definition) is 3. The Hall–Kier alpha value is -0.120. The Morgan fingerprint density at radius 3 is 2.06 bits per heavy atom. The number of nitrogens with two attached hydrogens (primary N) is 1. The molecule has 1 heterocycles. The van der Waals surface area contributed by atoms with Gasteiger partial charge in [0, 0.05) is 31.7 Å². The van der Waals surface area contributed by atoms with E-state index in [0.29, 0.717) is 23.4 Å². The Kier molecular flexibility index (Phi) is 5.63. The molecular weight excluding hydrogens is 222 g/mol. The Morgan fingerprint density at radius 2 is 1.67 bits per heavy atom. The van der Waals surface area contributed by atoms with E-state index in [1.54, 1.807) is 0 Å². The molecular formula is C15H33N3. The largest absolute Gasteiger partial charge is 0.330 e. The summed E-state index contributed by atoms with van der Waals surface area (Å²) in [5.74, 6) is 0.632. The molecule has 0 radical (unpaired) electrons. The quantitative estimate of drug-likeness (QED) is 0.834. The van der Waals surface area contributed by atoms with Crippen LogP contribution in [0.2, 0.25) is 0 Å². The van der Waals surface area contributed by atoms with Crippen LogP contribution in [-0.2, 0) is 0 Å². The van der Waals surface area contributed by atoms with Crippen LogP contribution in [-0.4, -0.2) is 55.1 Å². The van der Waals surface area contributed by atoms with E-state index in [1.165, 1.54) is 19.5 Å². The van der Waals surface area contributed by atoms with Gasteiger partial charge in [-0.1, -0.05) is 20.8 Å². The molecule has 1 fully saturated rings. The number of hydrogen-bond donors (Lipinski definition) is 1. The zero-order valence-corrected chi connectivity index (χ0v) is 13.2. The lowest BCUT2D eigenvalue weighted by molar-refractivity contribution is 0.0472. The highest BCUT2D eigenvalue weighted by atomic mass is 15.3. The number of likely N-dealkylation sites (N-methyl/N-ethyl adjacent to an activating group) is 1. The van der Waals surface area contributed by atoms with Crippen molar-refractivity contribution in [2.45, 2.75) is 53.1 Å².